The summed E-state index contributed by atoms with van der Waals surface area (Å²) < 4.78 is 16.5. The second-order valence-electron chi connectivity index (χ2n) is 7.62. The van der Waals surface area contributed by atoms with Crippen molar-refractivity contribution in [3.05, 3.63) is 60.4 Å². The molecule has 0 saturated carbocycles. The summed E-state index contributed by atoms with van der Waals surface area (Å²) in [5.74, 6) is 0.396. The average Bonchev–Trinajstić information content (AvgIpc) is 3.14. The lowest BCUT2D eigenvalue weighted by molar-refractivity contribution is 0.233. The Bertz CT molecular complexity index is 1200. The van der Waals surface area contributed by atoms with Crippen LogP contribution in [0.2, 0.25) is 0 Å². The number of rotatable bonds is 5. The fraction of sp³-hybridized carbons (Fsp3) is 0.273. The van der Waals surface area contributed by atoms with Gasteiger partial charge in [0.2, 0.25) is 5.95 Å². The van der Waals surface area contributed by atoms with E-state index in [1.165, 1.54) is 6.20 Å². The molecule has 0 radical (unpaired) electrons. The van der Waals surface area contributed by atoms with Crippen molar-refractivity contribution in [2.24, 2.45) is 7.05 Å². The summed E-state index contributed by atoms with van der Waals surface area (Å²) in [6.45, 7) is 4.98. The molecule has 0 unspecified atom stereocenters. The zero-order valence-electron chi connectivity index (χ0n) is 17.2. The van der Waals surface area contributed by atoms with Gasteiger partial charge in [0.05, 0.1) is 17.2 Å². The van der Waals surface area contributed by atoms with Crippen LogP contribution in [0.4, 0.5) is 16.2 Å². The first-order chi connectivity index (χ1) is 15.2. The smallest absolute Gasteiger partial charge is 0.229 e. The lowest BCUT2D eigenvalue weighted by atomic mass is 10.2. The third-order valence-corrected chi connectivity index (χ3v) is 5.42. The molecule has 1 aliphatic rings. The number of hydrogen-bond acceptors (Lipinski definition) is 7. The standard InChI is InChI=1S/C22H23FN8/c1-30-14-16(21-18(30)3-2-6-25-21)20-17(23)12-27-22(29-20)28-19-5-4-15(11-26-19)13-31-9-7-24-8-10-31/h2-6,11-12,14,24H,7-10,13H2,1H3,(H,26,27,28,29). The maximum atomic E-state index is 14.6. The molecular formula is C22H23FN8. The highest BCUT2D eigenvalue weighted by molar-refractivity contribution is 5.92. The molecule has 5 heterocycles. The van der Waals surface area contributed by atoms with Gasteiger partial charge in [-0.3, -0.25) is 9.88 Å². The van der Waals surface area contributed by atoms with Gasteiger partial charge in [-0.2, -0.15) is 0 Å². The van der Waals surface area contributed by atoms with Crippen molar-refractivity contribution in [3.8, 4) is 11.3 Å². The van der Waals surface area contributed by atoms with Crippen LogP contribution in [0.3, 0.4) is 0 Å². The van der Waals surface area contributed by atoms with E-state index in [0.717, 1.165) is 43.8 Å². The van der Waals surface area contributed by atoms with Crippen LogP contribution in [0.25, 0.3) is 22.3 Å². The number of halogens is 1. The van der Waals surface area contributed by atoms with E-state index in [1.54, 1.807) is 6.20 Å². The number of nitrogens with zero attached hydrogens (tertiary/aromatic N) is 6. The average molecular weight is 418 g/mol. The molecule has 0 aliphatic carbocycles. The highest BCUT2D eigenvalue weighted by atomic mass is 19.1. The molecular weight excluding hydrogens is 395 g/mol. The van der Waals surface area contributed by atoms with Gasteiger partial charge in [0, 0.05) is 63.9 Å². The molecule has 8 nitrogen and oxygen atoms in total. The quantitative estimate of drug-likeness (QED) is 0.516. The second-order valence-corrected chi connectivity index (χ2v) is 7.62. The van der Waals surface area contributed by atoms with Crippen LogP contribution < -0.4 is 10.6 Å². The van der Waals surface area contributed by atoms with Gasteiger partial charge < -0.3 is 15.2 Å². The summed E-state index contributed by atoms with van der Waals surface area (Å²) in [7, 11) is 1.90. The minimum atomic E-state index is -0.497. The lowest BCUT2D eigenvalue weighted by Gasteiger charge is -2.27. The van der Waals surface area contributed by atoms with Crippen LogP contribution in [-0.4, -0.2) is 55.6 Å². The summed E-state index contributed by atoms with van der Waals surface area (Å²) in [6, 6.07) is 7.72. The van der Waals surface area contributed by atoms with Crippen molar-refractivity contribution >= 4 is 22.8 Å². The predicted molar refractivity (Wildman–Crippen MR) is 117 cm³/mol. The van der Waals surface area contributed by atoms with Crippen molar-refractivity contribution in [2.75, 3.05) is 31.5 Å². The molecule has 4 aromatic rings. The molecule has 4 aromatic heterocycles. The zero-order chi connectivity index (χ0) is 21.2. The number of aryl methyl sites for hydroxylation is 1. The molecule has 1 fully saturated rings. The first kappa shape index (κ1) is 19.5. The third kappa shape index (κ3) is 4.10. The largest absolute Gasteiger partial charge is 0.349 e. The van der Waals surface area contributed by atoms with Crippen molar-refractivity contribution < 1.29 is 4.39 Å². The van der Waals surface area contributed by atoms with E-state index >= 15 is 0 Å². The van der Waals surface area contributed by atoms with E-state index < -0.39 is 5.82 Å². The van der Waals surface area contributed by atoms with E-state index in [9.17, 15) is 4.39 Å². The molecule has 0 bridgehead atoms. The minimum absolute atomic E-state index is 0.206. The van der Waals surface area contributed by atoms with E-state index in [2.05, 4.69) is 35.5 Å². The summed E-state index contributed by atoms with van der Waals surface area (Å²) in [5, 5.41) is 6.43. The van der Waals surface area contributed by atoms with Gasteiger partial charge in [-0.05, 0) is 23.8 Å². The topological polar surface area (TPSA) is 83.8 Å². The Kier molecular flexibility index (Phi) is 5.27. The highest BCUT2D eigenvalue weighted by Crippen LogP contribution is 2.29. The maximum Gasteiger partial charge on any atom is 0.229 e. The first-order valence-corrected chi connectivity index (χ1v) is 10.3. The van der Waals surface area contributed by atoms with Gasteiger partial charge in [0.25, 0.3) is 0 Å². The molecule has 2 N–H and O–H groups in total. The van der Waals surface area contributed by atoms with E-state index in [0.29, 0.717) is 16.9 Å². The number of hydrogen-bond donors (Lipinski definition) is 2. The molecule has 0 spiro atoms. The monoisotopic (exact) mass is 418 g/mol. The fourth-order valence-corrected chi connectivity index (χ4v) is 3.84. The second kappa shape index (κ2) is 8.37. The zero-order valence-corrected chi connectivity index (χ0v) is 17.2. The molecule has 0 amide bonds. The highest BCUT2D eigenvalue weighted by Gasteiger charge is 2.16. The molecule has 0 aromatic carbocycles. The summed E-state index contributed by atoms with van der Waals surface area (Å²) in [6.07, 6.45) is 6.54. The molecule has 9 heteroatoms. The third-order valence-electron chi connectivity index (χ3n) is 5.42. The van der Waals surface area contributed by atoms with E-state index in [4.69, 9.17) is 0 Å². The number of piperazine rings is 1. The van der Waals surface area contributed by atoms with Crippen molar-refractivity contribution in [3.63, 3.8) is 0 Å². The number of aromatic nitrogens is 5. The first-order valence-electron chi connectivity index (χ1n) is 10.3. The van der Waals surface area contributed by atoms with E-state index in [1.807, 2.05) is 48.3 Å². The van der Waals surface area contributed by atoms with Gasteiger partial charge in [-0.1, -0.05) is 6.07 Å². The van der Waals surface area contributed by atoms with Crippen LogP contribution in [0.1, 0.15) is 5.56 Å². The number of anilines is 2. The molecule has 1 saturated heterocycles. The van der Waals surface area contributed by atoms with Crippen LogP contribution in [-0.2, 0) is 13.6 Å². The normalized spacial score (nSPS) is 14.8. The van der Waals surface area contributed by atoms with E-state index in [-0.39, 0.29) is 11.6 Å². The van der Waals surface area contributed by atoms with Crippen molar-refractivity contribution in [2.45, 2.75) is 6.54 Å². The summed E-state index contributed by atoms with van der Waals surface area (Å²) in [5.41, 5.74) is 3.59. The molecule has 0 atom stereocenters. The lowest BCUT2D eigenvalue weighted by Crippen LogP contribution is -2.42. The Morgan fingerprint density at radius 1 is 1.10 bits per heavy atom. The SMILES string of the molecule is Cn1cc(-c2nc(Nc3ccc(CN4CCNCC4)cn3)ncc2F)c2ncccc21. The van der Waals surface area contributed by atoms with Crippen LogP contribution in [0.5, 0.6) is 0 Å². The molecule has 31 heavy (non-hydrogen) atoms. The van der Waals surface area contributed by atoms with Gasteiger partial charge in [0.15, 0.2) is 5.82 Å². The van der Waals surface area contributed by atoms with Gasteiger partial charge in [-0.15, -0.1) is 0 Å². The number of nitrogens with one attached hydrogen (secondary N) is 2. The van der Waals surface area contributed by atoms with Gasteiger partial charge in [0.1, 0.15) is 11.5 Å². The summed E-state index contributed by atoms with van der Waals surface area (Å²) in [4.78, 5) is 19.8. The van der Waals surface area contributed by atoms with Crippen LogP contribution in [0, 0.1) is 5.82 Å². The number of fused-ring (bicyclic) bond motifs is 1. The fourth-order valence-electron chi connectivity index (χ4n) is 3.84. The van der Waals surface area contributed by atoms with Gasteiger partial charge in [-0.25, -0.2) is 19.3 Å². The Labute approximate surface area is 179 Å². The molecule has 5 rings (SSSR count). The Hall–Kier alpha value is -3.43. The Balaban J connectivity index is 1.37. The molecule has 1 aliphatic heterocycles. The summed E-state index contributed by atoms with van der Waals surface area (Å²) >= 11 is 0. The maximum absolute atomic E-state index is 14.6. The number of pyridine rings is 2. The Morgan fingerprint density at radius 3 is 2.77 bits per heavy atom. The minimum Gasteiger partial charge on any atom is -0.349 e. The van der Waals surface area contributed by atoms with Crippen LogP contribution in [0.15, 0.2) is 49.1 Å². The molecule has 158 valence electrons. The Morgan fingerprint density at radius 2 is 1.97 bits per heavy atom. The van der Waals surface area contributed by atoms with Crippen molar-refractivity contribution in [1.82, 2.24) is 34.7 Å². The van der Waals surface area contributed by atoms with Gasteiger partial charge >= 0.3 is 0 Å². The van der Waals surface area contributed by atoms with Crippen molar-refractivity contribution in [1.29, 1.82) is 0 Å². The van der Waals surface area contributed by atoms with Crippen LogP contribution >= 0.6 is 0 Å². The predicted octanol–water partition coefficient (Wildman–Crippen LogP) is 2.71.